The summed E-state index contributed by atoms with van der Waals surface area (Å²) in [6.45, 7) is 9.49. The maximum atomic E-state index is 13.4. The molecule has 0 saturated carbocycles. The van der Waals surface area contributed by atoms with Crippen molar-refractivity contribution in [2.24, 2.45) is 5.92 Å². The van der Waals surface area contributed by atoms with Crippen LogP contribution >= 0.6 is 0 Å². The van der Waals surface area contributed by atoms with Gasteiger partial charge in [-0.3, -0.25) is 4.79 Å². The highest BCUT2D eigenvalue weighted by molar-refractivity contribution is 5.84. The van der Waals surface area contributed by atoms with Gasteiger partial charge < -0.3 is 19.3 Å². The Morgan fingerprint density at radius 2 is 1.62 bits per heavy atom. The topological polar surface area (TPSA) is 42.0 Å². The first kappa shape index (κ1) is 21.0. The third kappa shape index (κ3) is 4.66. The van der Waals surface area contributed by atoms with E-state index >= 15 is 0 Å². The van der Waals surface area contributed by atoms with E-state index in [-0.39, 0.29) is 17.7 Å². The van der Waals surface area contributed by atoms with Crippen molar-refractivity contribution in [3.05, 3.63) is 53.6 Å². The van der Waals surface area contributed by atoms with E-state index in [1.54, 1.807) is 14.2 Å². The van der Waals surface area contributed by atoms with Crippen molar-refractivity contribution in [1.82, 2.24) is 4.90 Å². The molecule has 1 heterocycles. The molecule has 0 N–H and O–H groups in total. The Labute approximate surface area is 174 Å². The zero-order chi connectivity index (χ0) is 21.0. The number of piperazine rings is 1. The lowest BCUT2D eigenvalue weighted by molar-refractivity contribution is -0.134. The van der Waals surface area contributed by atoms with Crippen LogP contribution in [-0.2, 0) is 4.79 Å². The molecule has 2 aromatic rings. The van der Waals surface area contributed by atoms with Crippen LogP contribution in [0.3, 0.4) is 0 Å². The quantitative estimate of drug-likeness (QED) is 0.737. The molecule has 29 heavy (non-hydrogen) atoms. The lowest BCUT2D eigenvalue weighted by Crippen LogP contribution is -2.50. The molecule has 0 spiro atoms. The van der Waals surface area contributed by atoms with E-state index in [1.807, 2.05) is 23.1 Å². The fourth-order valence-electron chi connectivity index (χ4n) is 4.07. The molecule has 0 radical (unpaired) electrons. The molecule has 1 saturated heterocycles. The predicted octanol–water partition coefficient (Wildman–Crippen LogP) is 4.10. The Kier molecular flexibility index (Phi) is 6.68. The minimum absolute atomic E-state index is 0.190. The van der Waals surface area contributed by atoms with Crippen LogP contribution in [0.15, 0.2) is 42.5 Å². The number of hydrogen-bond acceptors (Lipinski definition) is 4. The third-order valence-electron chi connectivity index (χ3n) is 5.66. The number of hydrogen-bond donors (Lipinski definition) is 0. The number of aryl methyl sites for hydroxylation is 1. The number of rotatable bonds is 6. The normalized spacial score (nSPS) is 15.4. The highest BCUT2D eigenvalue weighted by Gasteiger charge is 2.31. The van der Waals surface area contributed by atoms with Gasteiger partial charge in [0.05, 0.1) is 20.1 Å². The molecule has 2 aromatic carbocycles. The van der Waals surface area contributed by atoms with Gasteiger partial charge in [0, 0.05) is 31.9 Å². The zero-order valence-electron chi connectivity index (χ0n) is 18.1. The molecule has 1 atom stereocenters. The van der Waals surface area contributed by atoms with Gasteiger partial charge in [-0.25, -0.2) is 0 Å². The number of ether oxygens (including phenoxy) is 2. The van der Waals surface area contributed by atoms with Gasteiger partial charge in [-0.1, -0.05) is 32.0 Å². The van der Waals surface area contributed by atoms with Gasteiger partial charge in [0.1, 0.15) is 0 Å². The van der Waals surface area contributed by atoms with Gasteiger partial charge in [-0.2, -0.15) is 0 Å². The summed E-state index contributed by atoms with van der Waals surface area (Å²) in [7, 11) is 3.24. The SMILES string of the molecule is COc1ccc(C(C(=O)N2CCN(c3cccc(C)c3)CC2)C(C)C)cc1OC. The molecule has 1 aliphatic heterocycles. The van der Waals surface area contributed by atoms with Gasteiger partial charge in [0.25, 0.3) is 0 Å². The number of methoxy groups -OCH3 is 2. The van der Waals surface area contributed by atoms with Crippen LogP contribution < -0.4 is 14.4 Å². The predicted molar refractivity (Wildman–Crippen MR) is 117 cm³/mol. The second kappa shape index (κ2) is 9.21. The van der Waals surface area contributed by atoms with Crippen molar-refractivity contribution in [3.63, 3.8) is 0 Å². The fraction of sp³-hybridized carbons (Fsp3) is 0.458. The Morgan fingerprint density at radius 1 is 0.931 bits per heavy atom. The number of benzene rings is 2. The summed E-state index contributed by atoms with van der Waals surface area (Å²) in [5.41, 5.74) is 3.47. The Morgan fingerprint density at radius 3 is 2.21 bits per heavy atom. The van der Waals surface area contributed by atoms with Crippen LogP contribution in [0.1, 0.15) is 30.9 Å². The summed E-state index contributed by atoms with van der Waals surface area (Å²) in [4.78, 5) is 17.8. The molecule has 0 bridgehead atoms. The summed E-state index contributed by atoms with van der Waals surface area (Å²) < 4.78 is 10.8. The van der Waals surface area contributed by atoms with Crippen LogP contribution in [0.4, 0.5) is 5.69 Å². The Balaban J connectivity index is 1.74. The van der Waals surface area contributed by atoms with Gasteiger partial charge in [0.2, 0.25) is 5.91 Å². The van der Waals surface area contributed by atoms with E-state index in [0.29, 0.717) is 11.5 Å². The van der Waals surface area contributed by atoms with Gasteiger partial charge >= 0.3 is 0 Å². The minimum atomic E-state index is -0.194. The smallest absolute Gasteiger partial charge is 0.230 e. The van der Waals surface area contributed by atoms with Gasteiger partial charge in [-0.05, 0) is 48.2 Å². The molecule has 5 nitrogen and oxygen atoms in total. The molecule has 0 aliphatic carbocycles. The van der Waals surface area contributed by atoms with E-state index in [9.17, 15) is 4.79 Å². The van der Waals surface area contributed by atoms with Crippen molar-refractivity contribution < 1.29 is 14.3 Å². The monoisotopic (exact) mass is 396 g/mol. The molecular weight excluding hydrogens is 364 g/mol. The van der Waals surface area contributed by atoms with E-state index in [4.69, 9.17) is 9.47 Å². The van der Waals surface area contributed by atoms with Gasteiger partial charge in [0.15, 0.2) is 11.5 Å². The summed E-state index contributed by atoms with van der Waals surface area (Å²) >= 11 is 0. The first-order valence-electron chi connectivity index (χ1n) is 10.3. The number of amides is 1. The maximum Gasteiger partial charge on any atom is 0.230 e. The number of carbonyl (C=O) groups excluding carboxylic acids is 1. The minimum Gasteiger partial charge on any atom is -0.493 e. The van der Waals surface area contributed by atoms with Crippen molar-refractivity contribution in [1.29, 1.82) is 0 Å². The maximum absolute atomic E-state index is 13.4. The second-order valence-electron chi connectivity index (χ2n) is 7.99. The molecule has 0 aromatic heterocycles. The molecule has 1 unspecified atom stereocenters. The first-order chi connectivity index (χ1) is 13.9. The average Bonchev–Trinajstić information content (AvgIpc) is 2.73. The molecule has 1 aliphatic rings. The lowest BCUT2D eigenvalue weighted by atomic mass is 9.86. The fourth-order valence-corrected chi connectivity index (χ4v) is 4.07. The Bertz CT molecular complexity index is 842. The summed E-state index contributed by atoms with van der Waals surface area (Å²) in [6, 6.07) is 14.3. The number of nitrogens with zero attached hydrogens (tertiary/aromatic N) is 2. The molecule has 156 valence electrons. The lowest BCUT2D eigenvalue weighted by Gasteiger charge is -2.38. The zero-order valence-corrected chi connectivity index (χ0v) is 18.1. The summed E-state index contributed by atoms with van der Waals surface area (Å²) in [5, 5.41) is 0. The first-order valence-corrected chi connectivity index (χ1v) is 10.3. The highest BCUT2D eigenvalue weighted by atomic mass is 16.5. The second-order valence-corrected chi connectivity index (χ2v) is 7.99. The van der Waals surface area contributed by atoms with Crippen molar-refractivity contribution in [2.75, 3.05) is 45.3 Å². The summed E-state index contributed by atoms with van der Waals surface area (Å²) in [5.74, 6) is 1.53. The molecule has 1 fully saturated rings. The molecule has 1 amide bonds. The molecule has 5 heteroatoms. The van der Waals surface area contributed by atoms with Crippen LogP contribution in [0.5, 0.6) is 11.5 Å². The third-order valence-corrected chi connectivity index (χ3v) is 5.66. The largest absolute Gasteiger partial charge is 0.493 e. The highest BCUT2D eigenvalue weighted by Crippen LogP contribution is 2.34. The van der Waals surface area contributed by atoms with Gasteiger partial charge in [-0.15, -0.1) is 0 Å². The Hall–Kier alpha value is -2.69. The van der Waals surface area contributed by atoms with Crippen molar-refractivity contribution in [3.8, 4) is 11.5 Å². The van der Waals surface area contributed by atoms with E-state index < -0.39 is 0 Å². The van der Waals surface area contributed by atoms with E-state index in [0.717, 1.165) is 31.7 Å². The number of anilines is 1. The van der Waals surface area contributed by atoms with Crippen molar-refractivity contribution >= 4 is 11.6 Å². The van der Waals surface area contributed by atoms with Crippen molar-refractivity contribution in [2.45, 2.75) is 26.7 Å². The standard InChI is InChI=1S/C24H32N2O3/c1-17(2)23(19-9-10-21(28-4)22(16-19)29-5)24(27)26-13-11-25(12-14-26)20-8-6-7-18(3)15-20/h6-10,15-17,23H,11-14H2,1-5H3. The average molecular weight is 397 g/mol. The van der Waals surface area contributed by atoms with Crippen LogP contribution in [-0.4, -0.2) is 51.2 Å². The number of carbonyl (C=O) groups is 1. The van der Waals surface area contributed by atoms with E-state index in [1.165, 1.54) is 11.3 Å². The van der Waals surface area contributed by atoms with Crippen LogP contribution in [0.2, 0.25) is 0 Å². The summed E-state index contributed by atoms with van der Waals surface area (Å²) in [6.07, 6.45) is 0. The van der Waals surface area contributed by atoms with E-state index in [2.05, 4.69) is 49.9 Å². The molecular formula is C24H32N2O3. The molecule has 3 rings (SSSR count). The van der Waals surface area contributed by atoms with Crippen LogP contribution in [0.25, 0.3) is 0 Å². The van der Waals surface area contributed by atoms with Crippen LogP contribution in [0, 0.1) is 12.8 Å².